The summed E-state index contributed by atoms with van der Waals surface area (Å²) in [7, 11) is 0. The zero-order chi connectivity index (χ0) is 9.90. The SMILES string of the molecule is CC1CCC(Cl)CC1(C)CCCO. The summed E-state index contributed by atoms with van der Waals surface area (Å²) in [6.07, 6.45) is 5.57. The van der Waals surface area contributed by atoms with Gasteiger partial charge in [-0.3, -0.25) is 0 Å². The van der Waals surface area contributed by atoms with Gasteiger partial charge >= 0.3 is 0 Å². The third-order valence-corrected chi connectivity index (χ3v) is 4.07. The van der Waals surface area contributed by atoms with Crippen LogP contribution in [0.25, 0.3) is 0 Å². The maximum absolute atomic E-state index is 8.83. The van der Waals surface area contributed by atoms with Crippen molar-refractivity contribution in [2.24, 2.45) is 11.3 Å². The molecule has 13 heavy (non-hydrogen) atoms. The minimum atomic E-state index is 0.315. The van der Waals surface area contributed by atoms with Crippen molar-refractivity contribution in [2.75, 3.05) is 6.61 Å². The van der Waals surface area contributed by atoms with E-state index in [0.29, 0.717) is 17.4 Å². The average Bonchev–Trinajstić information content (AvgIpc) is 2.09. The van der Waals surface area contributed by atoms with Crippen LogP contribution >= 0.6 is 11.6 Å². The Hall–Kier alpha value is 0.250. The lowest BCUT2D eigenvalue weighted by Gasteiger charge is -2.42. The lowest BCUT2D eigenvalue weighted by molar-refractivity contribution is 0.108. The Kier molecular flexibility index (Phi) is 4.06. The van der Waals surface area contributed by atoms with Crippen molar-refractivity contribution in [1.29, 1.82) is 0 Å². The van der Waals surface area contributed by atoms with Crippen LogP contribution in [0.4, 0.5) is 0 Å². The van der Waals surface area contributed by atoms with E-state index in [2.05, 4.69) is 13.8 Å². The first-order valence-corrected chi connectivity index (χ1v) is 5.77. The molecule has 0 aliphatic heterocycles. The number of alkyl halides is 1. The first-order valence-electron chi connectivity index (χ1n) is 5.33. The highest BCUT2D eigenvalue weighted by Crippen LogP contribution is 2.45. The summed E-state index contributed by atoms with van der Waals surface area (Å²) in [6, 6.07) is 0. The van der Waals surface area contributed by atoms with Crippen molar-refractivity contribution >= 4 is 11.6 Å². The second kappa shape index (κ2) is 4.65. The van der Waals surface area contributed by atoms with E-state index in [0.717, 1.165) is 31.6 Å². The second-order valence-electron chi connectivity index (χ2n) is 4.76. The van der Waals surface area contributed by atoms with Crippen LogP contribution in [-0.4, -0.2) is 17.1 Å². The molecule has 1 fully saturated rings. The molecular formula is C11H21ClO. The van der Waals surface area contributed by atoms with Crippen LogP contribution in [-0.2, 0) is 0 Å². The zero-order valence-electron chi connectivity index (χ0n) is 8.72. The Labute approximate surface area is 86.5 Å². The Morgan fingerprint density at radius 3 is 2.77 bits per heavy atom. The molecule has 0 bridgehead atoms. The quantitative estimate of drug-likeness (QED) is 0.701. The molecule has 3 atom stereocenters. The second-order valence-corrected chi connectivity index (χ2v) is 5.38. The van der Waals surface area contributed by atoms with Gasteiger partial charge in [-0.2, -0.15) is 0 Å². The van der Waals surface area contributed by atoms with Crippen molar-refractivity contribution in [3.63, 3.8) is 0 Å². The fraction of sp³-hybridized carbons (Fsp3) is 1.00. The fourth-order valence-corrected chi connectivity index (χ4v) is 2.90. The first kappa shape index (κ1) is 11.3. The minimum absolute atomic E-state index is 0.315. The van der Waals surface area contributed by atoms with E-state index in [1.54, 1.807) is 0 Å². The van der Waals surface area contributed by atoms with Crippen molar-refractivity contribution in [2.45, 2.75) is 51.3 Å². The molecule has 1 N–H and O–H groups in total. The predicted octanol–water partition coefficient (Wildman–Crippen LogP) is 3.19. The number of halogens is 1. The molecule has 0 radical (unpaired) electrons. The number of aliphatic hydroxyl groups is 1. The summed E-state index contributed by atoms with van der Waals surface area (Å²) in [5.74, 6) is 0.758. The summed E-state index contributed by atoms with van der Waals surface area (Å²) >= 11 is 6.18. The maximum Gasteiger partial charge on any atom is 0.0431 e. The van der Waals surface area contributed by atoms with E-state index in [1.165, 1.54) is 6.42 Å². The van der Waals surface area contributed by atoms with Gasteiger partial charge in [-0.15, -0.1) is 11.6 Å². The molecule has 0 saturated heterocycles. The molecule has 0 aromatic rings. The monoisotopic (exact) mass is 204 g/mol. The highest BCUT2D eigenvalue weighted by Gasteiger charge is 2.36. The van der Waals surface area contributed by atoms with Gasteiger partial charge in [0.05, 0.1) is 0 Å². The molecule has 0 amide bonds. The van der Waals surface area contributed by atoms with Gasteiger partial charge in [-0.25, -0.2) is 0 Å². The number of aliphatic hydroxyl groups excluding tert-OH is 1. The molecule has 1 aliphatic carbocycles. The normalized spacial score (nSPS) is 40.6. The van der Waals surface area contributed by atoms with Gasteiger partial charge < -0.3 is 5.11 Å². The van der Waals surface area contributed by atoms with E-state index in [1.807, 2.05) is 0 Å². The summed E-state index contributed by atoms with van der Waals surface area (Å²) in [5.41, 5.74) is 0.368. The molecule has 3 unspecified atom stereocenters. The minimum Gasteiger partial charge on any atom is -0.396 e. The van der Waals surface area contributed by atoms with Gasteiger partial charge in [0.25, 0.3) is 0 Å². The Balaban J connectivity index is 2.50. The molecule has 1 rings (SSSR count). The third-order valence-electron chi connectivity index (χ3n) is 3.70. The number of rotatable bonds is 3. The van der Waals surface area contributed by atoms with Crippen molar-refractivity contribution in [3.8, 4) is 0 Å². The van der Waals surface area contributed by atoms with Crippen LogP contribution in [0, 0.1) is 11.3 Å². The van der Waals surface area contributed by atoms with E-state index < -0.39 is 0 Å². The van der Waals surface area contributed by atoms with E-state index in [4.69, 9.17) is 16.7 Å². The maximum atomic E-state index is 8.83. The fourth-order valence-electron chi connectivity index (χ4n) is 2.42. The summed E-state index contributed by atoms with van der Waals surface area (Å²) in [4.78, 5) is 0. The van der Waals surface area contributed by atoms with Crippen LogP contribution in [0.15, 0.2) is 0 Å². The average molecular weight is 205 g/mol. The Morgan fingerprint density at radius 2 is 2.15 bits per heavy atom. The standard InChI is InChI=1S/C11H21ClO/c1-9-4-5-10(12)8-11(9,2)6-3-7-13/h9-10,13H,3-8H2,1-2H3. The summed E-state index contributed by atoms with van der Waals surface area (Å²) in [5, 5.41) is 9.19. The molecule has 0 heterocycles. The molecule has 0 aromatic heterocycles. The van der Waals surface area contributed by atoms with Crippen molar-refractivity contribution in [3.05, 3.63) is 0 Å². The topological polar surface area (TPSA) is 20.2 Å². The third kappa shape index (κ3) is 2.85. The lowest BCUT2D eigenvalue weighted by atomic mass is 9.66. The van der Waals surface area contributed by atoms with Crippen LogP contribution < -0.4 is 0 Å². The van der Waals surface area contributed by atoms with Gasteiger partial charge in [0.15, 0.2) is 0 Å². The van der Waals surface area contributed by atoms with Crippen LogP contribution in [0.2, 0.25) is 0 Å². The smallest absolute Gasteiger partial charge is 0.0431 e. The van der Waals surface area contributed by atoms with Gasteiger partial charge in [0.2, 0.25) is 0 Å². The Morgan fingerprint density at radius 1 is 1.46 bits per heavy atom. The summed E-state index contributed by atoms with van der Waals surface area (Å²) < 4.78 is 0. The number of hydrogen-bond donors (Lipinski definition) is 1. The lowest BCUT2D eigenvalue weighted by Crippen LogP contribution is -2.33. The molecule has 1 nitrogen and oxygen atoms in total. The van der Waals surface area contributed by atoms with Crippen LogP contribution in [0.5, 0.6) is 0 Å². The van der Waals surface area contributed by atoms with Crippen LogP contribution in [0.1, 0.15) is 46.0 Å². The zero-order valence-corrected chi connectivity index (χ0v) is 9.48. The van der Waals surface area contributed by atoms with E-state index in [-0.39, 0.29) is 0 Å². The van der Waals surface area contributed by atoms with Crippen molar-refractivity contribution < 1.29 is 5.11 Å². The van der Waals surface area contributed by atoms with Crippen LogP contribution in [0.3, 0.4) is 0 Å². The van der Waals surface area contributed by atoms with E-state index in [9.17, 15) is 0 Å². The molecule has 1 aliphatic rings. The van der Waals surface area contributed by atoms with Gasteiger partial charge in [0, 0.05) is 12.0 Å². The molecule has 78 valence electrons. The molecule has 2 heteroatoms. The summed E-state index contributed by atoms with van der Waals surface area (Å²) in [6.45, 7) is 4.96. The van der Waals surface area contributed by atoms with Crippen molar-refractivity contribution in [1.82, 2.24) is 0 Å². The predicted molar refractivity (Wildman–Crippen MR) is 57.1 cm³/mol. The number of hydrogen-bond acceptors (Lipinski definition) is 1. The first-order chi connectivity index (χ1) is 6.08. The largest absolute Gasteiger partial charge is 0.396 e. The highest BCUT2D eigenvalue weighted by molar-refractivity contribution is 6.20. The molecule has 1 saturated carbocycles. The Bertz CT molecular complexity index is 160. The molecular weight excluding hydrogens is 184 g/mol. The molecule has 0 aromatic carbocycles. The van der Waals surface area contributed by atoms with E-state index >= 15 is 0 Å². The van der Waals surface area contributed by atoms with Gasteiger partial charge in [0.1, 0.15) is 0 Å². The van der Waals surface area contributed by atoms with Gasteiger partial charge in [-0.1, -0.05) is 13.8 Å². The highest BCUT2D eigenvalue weighted by atomic mass is 35.5. The molecule has 0 spiro atoms. The van der Waals surface area contributed by atoms with Gasteiger partial charge in [-0.05, 0) is 43.4 Å².